The van der Waals surface area contributed by atoms with Crippen molar-refractivity contribution in [1.82, 2.24) is 15.1 Å². The van der Waals surface area contributed by atoms with E-state index in [-0.39, 0.29) is 17.9 Å². The minimum atomic E-state index is -0.182. The minimum Gasteiger partial charge on any atom is -0.493 e. The fraction of sp³-hybridized carbons (Fsp3) is 0.600. The van der Waals surface area contributed by atoms with Gasteiger partial charge in [0.05, 0.1) is 27.4 Å². The lowest BCUT2D eigenvalue weighted by Crippen LogP contribution is -2.55. The normalized spacial score (nSPS) is 18.7. The first-order valence-electron chi connectivity index (χ1n) is 11.8. The van der Waals surface area contributed by atoms with Crippen LogP contribution in [0.3, 0.4) is 0 Å². The molecule has 1 aliphatic carbocycles. The quantitative estimate of drug-likeness (QED) is 0.602. The molecule has 1 heterocycles. The number of nitrogens with zero attached hydrogens (tertiary/aromatic N) is 2. The monoisotopic (exact) mass is 459 g/mol. The molecule has 1 unspecified atom stereocenters. The molecule has 182 valence electrons. The summed E-state index contributed by atoms with van der Waals surface area (Å²) in [4.78, 5) is 29.4. The molecule has 8 heteroatoms. The number of piperazine rings is 1. The topological polar surface area (TPSA) is 80.3 Å². The Labute approximate surface area is 196 Å². The van der Waals surface area contributed by atoms with Crippen LogP contribution in [0.2, 0.25) is 0 Å². The van der Waals surface area contributed by atoms with Crippen LogP contribution in [0.15, 0.2) is 18.2 Å². The molecule has 1 aromatic carbocycles. The molecule has 1 N–H and O–H groups in total. The lowest BCUT2D eigenvalue weighted by atomic mass is 9.95. The summed E-state index contributed by atoms with van der Waals surface area (Å²) in [6, 6.07) is 3.74. The zero-order valence-electron chi connectivity index (χ0n) is 20.3. The highest BCUT2D eigenvalue weighted by Crippen LogP contribution is 2.38. The Kier molecular flexibility index (Phi) is 9.00. The summed E-state index contributed by atoms with van der Waals surface area (Å²) in [5.74, 6) is 1.64. The molecule has 2 fully saturated rings. The van der Waals surface area contributed by atoms with Crippen molar-refractivity contribution in [2.45, 2.75) is 51.1 Å². The van der Waals surface area contributed by atoms with Gasteiger partial charge in [0.1, 0.15) is 0 Å². The van der Waals surface area contributed by atoms with Crippen LogP contribution in [0.25, 0.3) is 6.08 Å². The largest absolute Gasteiger partial charge is 0.493 e. The molecule has 8 nitrogen and oxygen atoms in total. The number of methoxy groups -OCH3 is 3. The van der Waals surface area contributed by atoms with E-state index >= 15 is 0 Å². The minimum absolute atomic E-state index is 0.0530. The summed E-state index contributed by atoms with van der Waals surface area (Å²) < 4.78 is 16.1. The SMILES string of the molecule is COc1cc(/C=C/C(=O)N2CCN(C(C)C(=O)NC3CCCCC3)CC2)cc(OC)c1OC. The first-order chi connectivity index (χ1) is 16.0. The lowest BCUT2D eigenvalue weighted by Gasteiger charge is -2.37. The van der Waals surface area contributed by atoms with Crippen molar-refractivity contribution < 1.29 is 23.8 Å². The van der Waals surface area contributed by atoms with Gasteiger partial charge in [-0.05, 0) is 43.5 Å². The first-order valence-corrected chi connectivity index (χ1v) is 11.8. The smallest absolute Gasteiger partial charge is 0.246 e. The van der Waals surface area contributed by atoms with E-state index in [0.717, 1.165) is 18.4 Å². The number of nitrogens with one attached hydrogen (secondary N) is 1. The van der Waals surface area contributed by atoms with Gasteiger partial charge in [0.25, 0.3) is 0 Å². The fourth-order valence-electron chi connectivity index (χ4n) is 4.53. The van der Waals surface area contributed by atoms with E-state index < -0.39 is 0 Å². The van der Waals surface area contributed by atoms with Crippen molar-refractivity contribution >= 4 is 17.9 Å². The molecule has 1 aromatic rings. The zero-order valence-corrected chi connectivity index (χ0v) is 20.3. The van der Waals surface area contributed by atoms with Gasteiger partial charge in [-0.3, -0.25) is 14.5 Å². The average molecular weight is 460 g/mol. The summed E-state index contributed by atoms with van der Waals surface area (Å²) in [5.41, 5.74) is 0.782. The molecule has 2 amide bonds. The summed E-state index contributed by atoms with van der Waals surface area (Å²) >= 11 is 0. The Morgan fingerprint density at radius 1 is 0.970 bits per heavy atom. The number of ether oxygens (including phenoxy) is 3. The molecular formula is C25H37N3O5. The summed E-state index contributed by atoms with van der Waals surface area (Å²) in [7, 11) is 4.68. The number of amides is 2. The van der Waals surface area contributed by atoms with Gasteiger partial charge in [-0.15, -0.1) is 0 Å². The summed E-state index contributed by atoms with van der Waals surface area (Å²) in [6.07, 6.45) is 9.15. The third-order valence-electron chi connectivity index (χ3n) is 6.61. The summed E-state index contributed by atoms with van der Waals surface area (Å²) in [5, 5.41) is 3.21. The van der Waals surface area contributed by atoms with Crippen LogP contribution in [0, 0.1) is 0 Å². The number of rotatable bonds is 8. The van der Waals surface area contributed by atoms with Crippen LogP contribution in [-0.4, -0.2) is 81.2 Å². The van der Waals surface area contributed by atoms with Gasteiger partial charge in [0.15, 0.2) is 11.5 Å². The lowest BCUT2D eigenvalue weighted by molar-refractivity contribution is -0.130. The third kappa shape index (κ3) is 6.41. The number of hydrogen-bond acceptors (Lipinski definition) is 6. The molecular weight excluding hydrogens is 422 g/mol. The second-order valence-corrected chi connectivity index (χ2v) is 8.67. The fourth-order valence-corrected chi connectivity index (χ4v) is 4.53. The van der Waals surface area contributed by atoms with Crippen molar-refractivity contribution in [2.75, 3.05) is 47.5 Å². The molecule has 0 aromatic heterocycles. The van der Waals surface area contributed by atoms with Crippen molar-refractivity contribution in [3.05, 3.63) is 23.8 Å². The molecule has 33 heavy (non-hydrogen) atoms. The number of benzene rings is 1. The second kappa shape index (κ2) is 11.9. The molecule has 1 saturated carbocycles. The van der Waals surface area contributed by atoms with Gasteiger partial charge in [0.2, 0.25) is 17.6 Å². The van der Waals surface area contributed by atoms with E-state index in [4.69, 9.17) is 14.2 Å². The molecule has 2 aliphatic rings. The highest BCUT2D eigenvalue weighted by atomic mass is 16.5. The van der Waals surface area contributed by atoms with Crippen molar-refractivity contribution in [1.29, 1.82) is 0 Å². The molecule has 1 aliphatic heterocycles. The molecule has 0 spiro atoms. The standard InChI is InChI=1S/C25H37N3O5/c1-18(25(30)26-20-8-6-5-7-9-20)27-12-14-28(15-13-27)23(29)11-10-19-16-21(31-2)24(33-4)22(17-19)32-3/h10-11,16-18,20H,5-9,12-15H2,1-4H3,(H,26,30)/b11-10+. The molecule has 0 bridgehead atoms. The number of carbonyl (C=O) groups is 2. The van der Waals surface area contributed by atoms with Crippen LogP contribution in [0.4, 0.5) is 0 Å². The maximum atomic E-state index is 12.7. The number of hydrogen-bond donors (Lipinski definition) is 1. The Bertz CT molecular complexity index is 817. The summed E-state index contributed by atoms with van der Waals surface area (Å²) in [6.45, 7) is 4.52. The van der Waals surface area contributed by atoms with Crippen LogP contribution in [-0.2, 0) is 9.59 Å². The number of carbonyl (C=O) groups excluding carboxylic acids is 2. The maximum absolute atomic E-state index is 12.7. The van der Waals surface area contributed by atoms with Gasteiger partial charge in [-0.25, -0.2) is 0 Å². The first kappa shape index (κ1) is 24.9. The van der Waals surface area contributed by atoms with E-state index in [1.54, 1.807) is 45.6 Å². The van der Waals surface area contributed by atoms with E-state index in [1.807, 2.05) is 11.8 Å². The van der Waals surface area contributed by atoms with Gasteiger partial charge < -0.3 is 24.4 Å². The van der Waals surface area contributed by atoms with Crippen molar-refractivity contribution in [3.63, 3.8) is 0 Å². The van der Waals surface area contributed by atoms with Gasteiger partial charge >= 0.3 is 0 Å². The maximum Gasteiger partial charge on any atom is 0.246 e. The third-order valence-corrected chi connectivity index (χ3v) is 6.61. The van der Waals surface area contributed by atoms with Crippen molar-refractivity contribution in [3.8, 4) is 17.2 Å². The average Bonchev–Trinajstić information content (AvgIpc) is 2.86. The van der Waals surface area contributed by atoms with Gasteiger partial charge in [0, 0.05) is 38.3 Å². The van der Waals surface area contributed by atoms with Crippen LogP contribution in [0.5, 0.6) is 17.2 Å². The molecule has 1 saturated heterocycles. The van der Waals surface area contributed by atoms with Gasteiger partial charge in [-0.2, -0.15) is 0 Å². The van der Waals surface area contributed by atoms with E-state index in [1.165, 1.54) is 19.3 Å². The van der Waals surface area contributed by atoms with Crippen LogP contribution in [0.1, 0.15) is 44.6 Å². The Morgan fingerprint density at radius 3 is 2.12 bits per heavy atom. The van der Waals surface area contributed by atoms with Crippen LogP contribution >= 0.6 is 0 Å². The van der Waals surface area contributed by atoms with E-state index in [0.29, 0.717) is 49.5 Å². The second-order valence-electron chi connectivity index (χ2n) is 8.67. The molecule has 1 atom stereocenters. The Morgan fingerprint density at radius 2 is 1.58 bits per heavy atom. The Balaban J connectivity index is 1.53. The predicted molar refractivity (Wildman–Crippen MR) is 128 cm³/mol. The molecule has 0 radical (unpaired) electrons. The van der Waals surface area contributed by atoms with Gasteiger partial charge in [-0.1, -0.05) is 19.3 Å². The zero-order chi connectivity index (χ0) is 23.8. The van der Waals surface area contributed by atoms with E-state index in [2.05, 4.69) is 10.2 Å². The highest BCUT2D eigenvalue weighted by Gasteiger charge is 2.28. The highest BCUT2D eigenvalue weighted by molar-refractivity contribution is 5.92. The Hall–Kier alpha value is -2.74. The molecule has 3 rings (SSSR count). The van der Waals surface area contributed by atoms with Crippen LogP contribution < -0.4 is 19.5 Å². The van der Waals surface area contributed by atoms with Crippen molar-refractivity contribution in [2.24, 2.45) is 0 Å². The van der Waals surface area contributed by atoms with E-state index in [9.17, 15) is 9.59 Å². The predicted octanol–water partition coefficient (Wildman–Crippen LogP) is 2.71.